The molecule has 0 N–H and O–H groups in total. The van der Waals surface area contributed by atoms with Gasteiger partial charge in [-0.05, 0) is 49.2 Å². The van der Waals surface area contributed by atoms with E-state index in [1.807, 2.05) is 4.90 Å². The number of carbonyl (C=O) groups is 1. The molecular weight excluding hydrogens is 438 g/mol. The van der Waals surface area contributed by atoms with Crippen LogP contribution in [0.1, 0.15) is 41.6 Å². The van der Waals surface area contributed by atoms with Crippen LogP contribution in [-0.4, -0.2) is 45.8 Å². The van der Waals surface area contributed by atoms with E-state index in [0.717, 1.165) is 31.4 Å². The molecule has 0 atom stereocenters. The molecule has 2 aromatic carbocycles. The molecule has 0 aliphatic carbocycles. The predicted octanol–water partition coefficient (Wildman–Crippen LogP) is 4.10. The van der Waals surface area contributed by atoms with Gasteiger partial charge in [-0.1, -0.05) is 18.0 Å². The number of hydrogen-bond acceptors (Lipinski definition) is 5. The van der Waals surface area contributed by atoms with Crippen molar-refractivity contribution in [3.63, 3.8) is 0 Å². The van der Waals surface area contributed by atoms with Crippen LogP contribution in [0.15, 0.2) is 45.7 Å². The second-order valence-electron chi connectivity index (χ2n) is 7.74. The molecule has 0 radical (unpaired) electrons. The van der Waals surface area contributed by atoms with Gasteiger partial charge >= 0.3 is 0 Å². The van der Waals surface area contributed by atoms with Crippen molar-refractivity contribution in [2.24, 2.45) is 4.40 Å². The smallest absolute Gasteiger partial charge is 0.286 e. The van der Waals surface area contributed by atoms with E-state index in [1.165, 1.54) is 11.0 Å². The van der Waals surface area contributed by atoms with E-state index in [-0.39, 0.29) is 17.3 Å². The third kappa shape index (κ3) is 4.27. The van der Waals surface area contributed by atoms with Crippen LogP contribution < -0.4 is 9.64 Å². The third-order valence-electron chi connectivity index (χ3n) is 5.59. The minimum Gasteiger partial charge on any atom is -0.496 e. The lowest BCUT2D eigenvalue weighted by Crippen LogP contribution is -2.35. The number of sulfonamides is 1. The Labute approximate surface area is 187 Å². The monoisotopic (exact) mass is 461 g/mol. The summed E-state index contributed by atoms with van der Waals surface area (Å²) < 4.78 is 35.0. The summed E-state index contributed by atoms with van der Waals surface area (Å²) in [6.07, 6.45) is 3.58. The van der Waals surface area contributed by atoms with Gasteiger partial charge in [0.25, 0.3) is 15.9 Å². The minimum absolute atomic E-state index is 0.0812. The maximum absolute atomic E-state index is 13.1. The highest BCUT2D eigenvalue weighted by Crippen LogP contribution is 2.35. The molecule has 0 spiro atoms. The highest BCUT2D eigenvalue weighted by Gasteiger charge is 2.32. The number of ether oxygens (including phenoxy) is 1. The fourth-order valence-electron chi connectivity index (χ4n) is 4.03. The Morgan fingerprint density at radius 2 is 2.00 bits per heavy atom. The number of nitrogens with zero attached hydrogens (tertiary/aromatic N) is 3. The summed E-state index contributed by atoms with van der Waals surface area (Å²) in [7, 11) is -0.637. The van der Waals surface area contributed by atoms with Gasteiger partial charge in [0.05, 0.1) is 12.8 Å². The number of rotatable bonds is 4. The molecule has 9 heteroatoms. The number of carbonyl (C=O) groups excluding carboxylic acids is 1. The van der Waals surface area contributed by atoms with Crippen molar-refractivity contribution in [1.82, 2.24) is 4.90 Å². The Morgan fingerprint density at radius 1 is 1.19 bits per heavy atom. The summed E-state index contributed by atoms with van der Waals surface area (Å²) in [5.41, 5.74) is 1.65. The van der Waals surface area contributed by atoms with Crippen molar-refractivity contribution in [2.45, 2.75) is 37.1 Å². The van der Waals surface area contributed by atoms with E-state index in [1.54, 1.807) is 44.5 Å². The number of amidine groups is 1. The molecule has 164 valence electrons. The number of halogens is 1. The molecule has 1 fully saturated rings. The van der Waals surface area contributed by atoms with E-state index in [0.29, 0.717) is 34.3 Å². The molecule has 2 aliphatic rings. The molecular formula is C22H24ClN3O4S. The molecule has 0 unspecified atom stereocenters. The SMILES string of the molecule is COc1ccc(Cl)cc1CN(C)C(=O)c1ccc2c(c1)S(=O)(=O)N=C1CCCCCN12. The van der Waals surface area contributed by atoms with E-state index in [4.69, 9.17) is 16.3 Å². The zero-order chi connectivity index (χ0) is 22.2. The summed E-state index contributed by atoms with van der Waals surface area (Å²) in [4.78, 5) is 16.6. The molecule has 2 aromatic rings. The Balaban J connectivity index is 1.64. The summed E-state index contributed by atoms with van der Waals surface area (Å²) >= 11 is 6.09. The summed E-state index contributed by atoms with van der Waals surface area (Å²) in [5, 5.41) is 0.544. The van der Waals surface area contributed by atoms with Gasteiger partial charge in [0.1, 0.15) is 16.5 Å². The van der Waals surface area contributed by atoms with Gasteiger partial charge in [-0.2, -0.15) is 8.42 Å². The largest absolute Gasteiger partial charge is 0.496 e. The predicted molar refractivity (Wildman–Crippen MR) is 121 cm³/mol. The van der Waals surface area contributed by atoms with Crippen LogP contribution in [0.5, 0.6) is 5.75 Å². The van der Waals surface area contributed by atoms with Crippen molar-refractivity contribution in [2.75, 3.05) is 25.6 Å². The van der Waals surface area contributed by atoms with Gasteiger partial charge in [-0.25, -0.2) is 0 Å². The highest BCUT2D eigenvalue weighted by atomic mass is 35.5. The van der Waals surface area contributed by atoms with Crippen LogP contribution >= 0.6 is 11.6 Å². The number of fused-ring (bicyclic) bond motifs is 3. The Kier molecular flexibility index (Phi) is 5.94. The first-order valence-corrected chi connectivity index (χ1v) is 12.0. The maximum Gasteiger partial charge on any atom is 0.286 e. The molecule has 2 heterocycles. The second kappa shape index (κ2) is 8.51. The molecule has 4 rings (SSSR count). The number of hydrogen-bond donors (Lipinski definition) is 0. The van der Waals surface area contributed by atoms with Gasteiger partial charge in [0, 0.05) is 42.7 Å². The average Bonchev–Trinajstić information content (AvgIpc) is 2.98. The Hall–Kier alpha value is -2.58. The molecule has 1 saturated heterocycles. The van der Waals surface area contributed by atoms with Gasteiger partial charge in [-0.15, -0.1) is 4.40 Å². The second-order valence-corrected chi connectivity index (χ2v) is 9.75. The molecule has 2 aliphatic heterocycles. The number of benzene rings is 2. The van der Waals surface area contributed by atoms with E-state index >= 15 is 0 Å². The van der Waals surface area contributed by atoms with Gasteiger partial charge < -0.3 is 14.5 Å². The number of amides is 1. The van der Waals surface area contributed by atoms with Crippen molar-refractivity contribution in [3.8, 4) is 5.75 Å². The van der Waals surface area contributed by atoms with Crippen molar-refractivity contribution in [3.05, 3.63) is 52.5 Å². The summed E-state index contributed by atoms with van der Waals surface area (Å²) in [6, 6.07) is 10.0. The lowest BCUT2D eigenvalue weighted by molar-refractivity contribution is 0.0784. The first-order chi connectivity index (χ1) is 14.8. The van der Waals surface area contributed by atoms with Crippen LogP contribution in [0, 0.1) is 0 Å². The standard InChI is InChI=1S/C22H24ClN3O4S/c1-25(14-16-12-17(23)8-10-19(16)30-2)22(27)15-7-9-18-20(13-15)31(28,29)24-21-6-4-3-5-11-26(18)21/h7-10,12-13H,3-6,11,14H2,1-2H3. The molecule has 31 heavy (non-hydrogen) atoms. The van der Waals surface area contributed by atoms with Gasteiger partial charge in [0.2, 0.25) is 0 Å². The maximum atomic E-state index is 13.1. The highest BCUT2D eigenvalue weighted by molar-refractivity contribution is 7.90. The van der Waals surface area contributed by atoms with E-state index in [9.17, 15) is 13.2 Å². The molecule has 7 nitrogen and oxygen atoms in total. The van der Waals surface area contributed by atoms with Gasteiger partial charge in [0.15, 0.2) is 0 Å². The lowest BCUT2D eigenvalue weighted by atomic mass is 10.1. The van der Waals surface area contributed by atoms with Crippen LogP contribution in [0.2, 0.25) is 5.02 Å². The van der Waals surface area contributed by atoms with E-state index in [2.05, 4.69) is 4.40 Å². The van der Waals surface area contributed by atoms with Crippen molar-refractivity contribution in [1.29, 1.82) is 0 Å². The fourth-order valence-corrected chi connectivity index (χ4v) is 5.51. The third-order valence-corrected chi connectivity index (χ3v) is 7.16. The number of methoxy groups -OCH3 is 1. The van der Waals surface area contributed by atoms with Crippen molar-refractivity contribution >= 4 is 39.1 Å². The van der Waals surface area contributed by atoms with E-state index < -0.39 is 10.0 Å². The zero-order valence-corrected chi connectivity index (χ0v) is 19.0. The molecule has 1 amide bonds. The fraction of sp³-hybridized carbons (Fsp3) is 0.364. The van der Waals surface area contributed by atoms with Gasteiger partial charge in [-0.3, -0.25) is 4.79 Å². The zero-order valence-electron chi connectivity index (χ0n) is 17.5. The first-order valence-electron chi connectivity index (χ1n) is 10.1. The Morgan fingerprint density at radius 3 is 2.77 bits per heavy atom. The topological polar surface area (TPSA) is 79.3 Å². The minimum atomic E-state index is -3.85. The Bertz CT molecular complexity index is 1160. The summed E-state index contributed by atoms with van der Waals surface area (Å²) in [5.74, 6) is 0.917. The first kappa shape index (κ1) is 21.6. The lowest BCUT2D eigenvalue weighted by Gasteiger charge is -2.30. The van der Waals surface area contributed by atoms with Crippen LogP contribution in [0.25, 0.3) is 0 Å². The summed E-state index contributed by atoms with van der Waals surface area (Å²) in [6.45, 7) is 0.990. The van der Waals surface area contributed by atoms with Crippen LogP contribution in [0.3, 0.4) is 0 Å². The van der Waals surface area contributed by atoms with Crippen LogP contribution in [-0.2, 0) is 16.6 Å². The van der Waals surface area contributed by atoms with Crippen LogP contribution in [0.4, 0.5) is 5.69 Å². The number of anilines is 1. The average molecular weight is 462 g/mol. The quantitative estimate of drug-likeness (QED) is 0.684. The van der Waals surface area contributed by atoms with Crippen molar-refractivity contribution < 1.29 is 17.9 Å². The molecule has 0 bridgehead atoms. The molecule has 0 aromatic heterocycles. The normalized spacial score (nSPS) is 17.1. The molecule has 0 saturated carbocycles.